The van der Waals surface area contributed by atoms with Crippen LogP contribution in [0.25, 0.3) is 0 Å². The van der Waals surface area contributed by atoms with E-state index >= 15 is 0 Å². The smallest absolute Gasteiger partial charge is 0.325 e. The molecule has 0 saturated carbocycles. The van der Waals surface area contributed by atoms with Crippen molar-refractivity contribution in [2.24, 2.45) is 5.92 Å². The first-order valence-corrected chi connectivity index (χ1v) is 8.67. The number of hydrogen-bond donors (Lipinski definition) is 1. The number of methoxy groups -OCH3 is 1. The number of benzene rings is 1. The van der Waals surface area contributed by atoms with Gasteiger partial charge in [0.25, 0.3) is 0 Å². The molecule has 1 atom stereocenters. The van der Waals surface area contributed by atoms with E-state index in [0.717, 1.165) is 43.7 Å². The minimum absolute atomic E-state index is 0.576. The molecule has 2 heterocycles. The predicted molar refractivity (Wildman–Crippen MR) is 95.6 cm³/mol. The second kappa shape index (κ2) is 8.12. The molecule has 2 aromatic rings. The minimum Gasteiger partial charge on any atom is -0.497 e. The number of ether oxygens (including phenoxy) is 1. The summed E-state index contributed by atoms with van der Waals surface area (Å²) in [6, 6.07) is 11.2. The zero-order valence-corrected chi connectivity index (χ0v) is 14.5. The van der Waals surface area contributed by atoms with E-state index in [2.05, 4.69) is 22.0 Å². The van der Waals surface area contributed by atoms with Gasteiger partial charge < -0.3 is 9.84 Å². The summed E-state index contributed by atoms with van der Waals surface area (Å²) >= 11 is 0. The highest BCUT2D eigenvalue weighted by molar-refractivity contribution is 5.75. The van der Waals surface area contributed by atoms with Crippen molar-refractivity contribution in [3.05, 3.63) is 59.9 Å². The van der Waals surface area contributed by atoms with E-state index in [9.17, 15) is 9.90 Å². The Morgan fingerprint density at radius 2 is 2.12 bits per heavy atom. The number of carboxylic acid groups (broad SMARTS) is 1. The second-order valence-electron chi connectivity index (χ2n) is 6.56. The molecule has 1 saturated heterocycles. The van der Waals surface area contributed by atoms with E-state index in [4.69, 9.17) is 4.74 Å². The van der Waals surface area contributed by atoms with Crippen molar-refractivity contribution in [1.29, 1.82) is 0 Å². The first-order chi connectivity index (χ1) is 12.2. The summed E-state index contributed by atoms with van der Waals surface area (Å²) in [5.74, 6) is 0.656. The fourth-order valence-electron chi connectivity index (χ4n) is 3.60. The predicted octanol–water partition coefficient (Wildman–Crippen LogP) is 3.17. The van der Waals surface area contributed by atoms with Gasteiger partial charge in [-0.25, -0.2) is 0 Å². The van der Waals surface area contributed by atoms with Gasteiger partial charge in [-0.3, -0.25) is 14.7 Å². The first-order valence-electron chi connectivity index (χ1n) is 8.67. The van der Waals surface area contributed by atoms with Gasteiger partial charge in [0, 0.05) is 12.4 Å². The highest BCUT2D eigenvalue weighted by atomic mass is 16.5. The van der Waals surface area contributed by atoms with E-state index < -0.39 is 12.0 Å². The van der Waals surface area contributed by atoms with Crippen LogP contribution in [0.15, 0.2) is 48.8 Å². The van der Waals surface area contributed by atoms with Crippen molar-refractivity contribution in [3.8, 4) is 5.75 Å². The lowest BCUT2D eigenvalue weighted by molar-refractivity contribution is -0.144. The van der Waals surface area contributed by atoms with Crippen molar-refractivity contribution in [2.75, 3.05) is 20.2 Å². The molecule has 1 aliphatic rings. The van der Waals surface area contributed by atoms with Crippen molar-refractivity contribution in [2.45, 2.75) is 25.3 Å². The van der Waals surface area contributed by atoms with Crippen LogP contribution < -0.4 is 4.74 Å². The average molecular weight is 340 g/mol. The summed E-state index contributed by atoms with van der Waals surface area (Å²) in [6.45, 7) is 1.58. The van der Waals surface area contributed by atoms with Gasteiger partial charge in [-0.15, -0.1) is 0 Å². The summed E-state index contributed by atoms with van der Waals surface area (Å²) in [5, 5.41) is 9.65. The molecule has 1 aliphatic heterocycles. The quantitative estimate of drug-likeness (QED) is 0.875. The van der Waals surface area contributed by atoms with E-state index in [1.807, 2.05) is 18.2 Å². The Morgan fingerprint density at radius 3 is 2.76 bits per heavy atom. The Kier molecular flexibility index (Phi) is 5.66. The molecule has 5 nitrogen and oxygen atoms in total. The number of likely N-dealkylation sites (tertiary alicyclic amines) is 1. The van der Waals surface area contributed by atoms with E-state index in [0.29, 0.717) is 5.92 Å². The number of aromatic nitrogens is 1. The van der Waals surface area contributed by atoms with Gasteiger partial charge in [0.2, 0.25) is 0 Å². The number of nitrogens with zero attached hydrogens (tertiary/aromatic N) is 2. The summed E-state index contributed by atoms with van der Waals surface area (Å²) < 4.78 is 5.29. The zero-order valence-electron chi connectivity index (χ0n) is 14.5. The summed E-state index contributed by atoms with van der Waals surface area (Å²) in [5.41, 5.74) is 2.03. The maximum atomic E-state index is 11.8. The first kappa shape index (κ1) is 17.4. The molecule has 25 heavy (non-hydrogen) atoms. The van der Waals surface area contributed by atoms with Crippen LogP contribution >= 0.6 is 0 Å². The summed E-state index contributed by atoms with van der Waals surface area (Å²) in [7, 11) is 1.68. The fourth-order valence-corrected chi connectivity index (χ4v) is 3.60. The van der Waals surface area contributed by atoms with E-state index in [-0.39, 0.29) is 0 Å². The zero-order chi connectivity index (χ0) is 17.6. The van der Waals surface area contributed by atoms with Crippen LogP contribution in [-0.2, 0) is 11.2 Å². The molecular weight excluding hydrogens is 316 g/mol. The Balaban J connectivity index is 1.61. The number of pyridine rings is 1. The SMILES string of the molecule is COc1cccc(CC2CCN(C(C(=O)O)c3cccnc3)CC2)c1. The van der Waals surface area contributed by atoms with E-state index in [1.165, 1.54) is 5.56 Å². The molecule has 0 bridgehead atoms. The second-order valence-corrected chi connectivity index (χ2v) is 6.56. The standard InChI is InChI=1S/C20H24N2O3/c1-25-18-6-2-4-16(13-18)12-15-7-10-22(11-8-15)19(20(23)24)17-5-3-9-21-14-17/h2-6,9,13-15,19H,7-8,10-12H2,1H3,(H,23,24). The Morgan fingerprint density at radius 1 is 1.32 bits per heavy atom. The molecule has 0 aliphatic carbocycles. The van der Waals surface area contributed by atoms with Crippen LogP contribution in [0.3, 0.4) is 0 Å². The van der Waals surface area contributed by atoms with Crippen molar-refractivity contribution in [1.82, 2.24) is 9.88 Å². The minimum atomic E-state index is -0.806. The molecular formula is C20H24N2O3. The number of rotatable bonds is 6. The maximum Gasteiger partial charge on any atom is 0.325 e. The van der Waals surface area contributed by atoms with Gasteiger partial charge in [0.05, 0.1) is 7.11 Å². The molecule has 5 heteroatoms. The highest BCUT2D eigenvalue weighted by Gasteiger charge is 2.31. The van der Waals surface area contributed by atoms with Crippen molar-refractivity contribution < 1.29 is 14.6 Å². The normalized spacial score (nSPS) is 17.2. The third-order valence-corrected chi connectivity index (χ3v) is 4.91. The number of carboxylic acids is 1. The van der Waals surface area contributed by atoms with Crippen LogP contribution in [0.2, 0.25) is 0 Å². The lowest BCUT2D eigenvalue weighted by Crippen LogP contribution is -2.40. The van der Waals surface area contributed by atoms with Gasteiger partial charge in [-0.2, -0.15) is 0 Å². The average Bonchev–Trinajstić information content (AvgIpc) is 2.64. The highest BCUT2D eigenvalue weighted by Crippen LogP contribution is 2.29. The van der Waals surface area contributed by atoms with Crippen LogP contribution in [-0.4, -0.2) is 41.2 Å². The third kappa shape index (κ3) is 4.37. The molecule has 1 fully saturated rings. The topological polar surface area (TPSA) is 62.7 Å². The molecule has 132 valence electrons. The van der Waals surface area contributed by atoms with Gasteiger partial charge in [-0.1, -0.05) is 18.2 Å². The molecule has 1 N–H and O–H groups in total. The van der Waals surface area contributed by atoms with E-state index in [1.54, 1.807) is 25.6 Å². The van der Waals surface area contributed by atoms with Gasteiger partial charge in [0.15, 0.2) is 0 Å². The van der Waals surface area contributed by atoms with Crippen LogP contribution in [0.5, 0.6) is 5.75 Å². The molecule has 1 aromatic heterocycles. The molecule has 0 radical (unpaired) electrons. The van der Waals surface area contributed by atoms with Gasteiger partial charge >= 0.3 is 5.97 Å². The maximum absolute atomic E-state index is 11.8. The van der Waals surface area contributed by atoms with Crippen molar-refractivity contribution >= 4 is 5.97 Å². The van der Waals surface area contributed by atoms with Crippen LogP contribution in [0.1, 0.15) is 30.0 Å². The molecule has 1 aromatic carbocycles. The summed E-state index contributed by atoms with van der Waals surface area (Å²) in [4.78, 5) is 17.9. The fraction of sp³-hybridized carbons (Fsp3) is 0.400. The monoisotopic (exact) mass is 340 g/mol. The molecule has 1 unspecified atom stereocenters. The Bertz CT molecular complexity index is 697. The number of hydrogen-bond acceptors (Lipinski definition) is 4. The van der Waals surface area contributed by atoms with Crippen molar-refractivity contribution in [3.63, 3.8) is 0 Å². The van der Waals surface area contributed by atoms with Gasteiger partial charge in [0.1, 0.15) is 11.8 Å². The lowest BCUT2D eigenvalue weighted by atomic mass is 9.89. The van der Waals surface area contributed by atoms with Crippen LogP contribution in [0.4, 0.5) is 0 Å². The van der Waals surface area contributed by atoms with Crippen LogP contribution in [0, 0.1) is 5.92 Å². The Labute approximate surface area is 148 Å². The molecule has 0 amide bonds. The summed E-state index contributed by atoms with van der Waals surface area (Å²) in [6.07, 6.45) is 6.34. The number of carbonyl (C=O) groups is 1. The number of piperidine rings is 1. The Hall–Kier alpha value is -2.40. The largest absolute Gasteiger partial charge is 0.497 e. The third-order valence-electron chi connectivity index (χ3n) is 4.91. The molecule has 0 spiro atoms. The molecule has 3 rings (SSSR count). The van der Waals surface area contributed by atoms with Gasteiger partial charge in [-0.05, 0) is 67.6 Å². The lowest BCUT2D eigenvalue weighted by Gasteiger charge is -2.35. The number of aliphatic carboxylic acids is 1.